The van der Waals surface area contributed by atoms with Crippen LogP contribution in [-0.4, -0.2) is 59.8 Å². The predicted molar refractivity (Wildman–Crippen MR) is 70.8 cm³/mol. The number of nitrogens with two attached hydrogens (primary N) is 1. The molecule has 104 valence electrons. The van der Waals surface area contributed by atoms with Gasteiger partial charge in [0.1, 0.15) is 12.0 Å². The minimum atomic E-state index is -0.608. The Balaban J connectivity index is 2.92. The van der Waals surface area contributed by atoms with Gasteiger partial charge < -0.3 is 15.5 Å². The molecule has 1 rings (SSSR count). The molecule has 1 amide bonds. The van der Waals surface area contributed by atoms with Crippen LogP contribution in [-0.2, 0) is 0 Å². The second kappa shape index (κ2) is 6.10. The van der Waals surface area contributed by atoms with Crippen LogP contribution in [0.3, 0.4) is 0 Å². The van der Waals surface area contributed by atoms with Gasteiger partial charge in [-0.15, -0.1) is 0 Å². The van der Waals surface area contributed by atoms with Crippen LogP contribution >= 0.6 is 0 Å². The molecule has 8 nitrogen and oxygen atoms in total. The first kappa shape index (κ1) is 14.8. The second-order valence-corrected chi connectivity index (χ2v) is 4.41. The van der Waals surface area contributed by atoms with Crippen molar-refractivity contribution >= 4 is 17.4 Å². The zero-order chi connectivity index (χ0) is 14.6. The molecule has 0 aliphatic heterocycles. The first-order chi connectivity index (χ1) is 8.82. The number of nitro groups is 1. The van der Waals surface area contributed by atoms with Gasteiger partial charge in [-0.3, -0.25) is 14.9 Å². The fourth-order valence-corrected chi connectivity index (χ4v) is 1.39. The van der Waals surface area contributed by atoms with Gasteiger partial charge in [-0.1, -0.05) is 0 Å². The van der Waals surface area contributed by atoms with Crippen LogP contribution in [0.2, 0.25) is 0 Å². The number of aromatic nitrogens is 1. The molecular formula is C11H17N5O3. The van der Waals surface area contributed by atoms with Crippen molar-refractivity contribution in [2.24, 2.45) is 0 Å². The van der Waals surface area contributed by atoms with E-state index in [0.29, 0.717) is 13.1 Å². The van der Waals surface area contributed by atoms with E-state index in [1.807, 2.05) is 19.0 Å². The molecule has 0 fully saturated rings. The molecule has 0 aliphatic rings. The Morgan fingerprint density at radius 2 is 2.05 bits per heavy atom. The van der Waals surface area contributed by atoms with Gasteiger partial charge in [0.15, 0.2) is 0 Å². The van der Waals surface area contributed by atoms with E-state index in [1.165, 1.54) is 4.90 Å². The van der Waals surface area contributed by atoms with Gasteiger partial charge in [0, 0.05) is 26.2 Å². The SMILES string of the molecule is CN(C)CCN(C)C(=O)c1cc([N+](=O)[O-])cnc1N. The summed E-state index contributed by atoms with van der Waals surface area (Å²) >= 11 is 0. The number of anilines is 1. The summed E-state index contributed by atoms with van der Waals surface area (Å²) in [6.45, 7) is 1.18. The summed E-state index contributed by atoms with van der Waals surface area (Å²) in [6, 6.07) is 1.15. The summed E-state index contributed by atoms with van der Waals surface area (Å²) in [7, 11) is 5.40. The number of likely N-dealkylation sites (N-methyl/N-ethyl adjacent to an activating group) is 2. The lowest BCUT2D eigenvalue weighted by molar-refractivity contribution is -0.385. The van der Waals surface area contributed by atoms with Crippen LogP contribution < -0.4 is 5.73 Å². The third-order valence-corrected chi connectivity index (χ3v) is 2.57. The molecule has 0 unspecified atom stereocenters. The number of hydrogen-bond acceptors (Lipinski definition) is 6. The number of carbonyl (C=O) groups excluding carboxylic acids is 1. The van der Waals surface area contributed by atoms with Crippen LogP contribution in [0, 0.1) is 10.1 Å². The zero-order valence-electron chi connectivity index (χ0n) is 11.2. The van der Waals surface area contributed by atoms with Gasteiger partial charge in [-0.2, -0.15) is 0 Å². The number of nitrogen functional groups attached to an aromatic ring is 1. The summed E-state index contributed by atoms with van der Waals surface area (Å²) in [5.74, 6) is -0.386. The molecule has 0 aliphatic carbocycles. The average Bonchev–Trinajstić information content (AvgIpc) is 2.35. The van der Waals surface area contributed by atoms with Gasteiger partial charge in [-0.05, 0) is 14.1 Å². The maximum Gasteiger partial charge on any atom is 0.288 e. The third kappa shape index (κ3) is 3.88. The number of hydrogen-bond donors (Lipinski definition) is 1. The van der Waals surface area contributed by atoms with Crippen molar-refractivity contribution in [2.45, 2.75) is 0 Å². The van der Waals surface area contributed by atoms with Crippen molar-refractivity contribution in [3.05, 3.63) is 27.9 Å². The number of rotatable bonds is 5. The Hall–Kier alpha value is -2.22. The average molecular weight is 267 g/mol. The predicted octanol–water partition coefficient (Wildman–Crippen LogP) is 0.206. The molecule has 1 heterocycles. The largest absolute Gasteiger partial charge is 0.383 e. The summed E-state index contributed by atoms with van der Waals surface area (Å²) in [5.41, 5.74) is 5.39. The fraction of sp³-hybridized carbons (Fsp3) is 0.455. The van der Waals surface area contributed by atoms with Crippen molar-refractivity contribution in [3.63, 3.8) is 0 Å². The highest BCUT2D eigenvalue weighted by atomic mass is 16.6. The Labute approximate surface area is 111 Å². The first-order valence-electron chi connectivity index (χ1n) is 5.63. The van der Waals surface area contributed by atoms with Gasteiger partial charge in [0.05, 0.1) is 10.5 Å². The summed E-state index contributed by atoms with van der Waals surface area (Å²) in [4.78, 5) is 29.2. The topological polar surface area (TPSA) is 106 Å². The molecule has 0 saturated heterocycles. The molecule has 0 aromatic carbocycles. The van der Waals surface area contributed by atoms with Crippen molar-refractivity contribution in [1.29, 1.82) is 0 Å². The van der Waals surface area contributed by atoms with Crippen LogP contribution in [0.1, 0.15) is 10.4 Å². The second-order valence-electron chi connectivity index (χ2n) is 4.41. The van der Waals surface area contributed by atoms with E-state index in [-0.39, 0.29) is 23.0 Å². The van der Waals surface area contributed by atoms with Gasteiger partial charge in [-0.25, -0.2) is 4.98 Å². The Bertz CT molecular complexity index is 489. The minimum Gasteiger partial charge on any atom is -0.383 e. The number of pyridine rings is 1. The number of nitrogens with zero attached hydrogens (tertiary/aromatic N) is 4. The van der Waals surface area contributed by atoms with E-state index in [9.17, 15) is 14.9 Å². The van der Waals surface area contributed by atoms with Crippen molar-refractivity contribution < 1.29 is 9.72 Å². The van der Waals surface area contributed by atoms with Gasteiger partial charge in [0.25, 0.3) is 11.6 Å². The Kier molecular flexibility index (Phi) is 4.76. The Morgan fingerprint density at radius 3 is 2.58 bits per heavy atom. The molecule has 0 atom stereocenters. The smallest absolute Gasteiger partial charge is 0.288 e. The lowest BCUT2D eigenvalue weighted by atomic mass is 10.2. The first-order valence-corrected chi connectivity index (χ1v) is 5.63. The normalized spacial score (nSPS) is 10.5. The molecule has 1 aromatic rings. The molecule has 0 bridgehead atoms. The Morgan fingerprint density at radius 1 is 1.42 bits per heavy atom. The van der Waals surface area contributed by atoms with Crippen molar-refractivity contribution in [2.75, 3.05) is 40.0 Å². The van der Waals surface area contributed by atoms with Crippen molar-refractivity contribution in [1.82, 2.24) is 14.8 Å². The lowest BCUT2D eigenvalue weighted by Crippen LogP contribution is -2.34. The molecule has 1 aromatic heterocycles. The lowest BCUT2D eigenvalue weighted by Gasteiger charge is -2.20. The molecule has 8 heteroatoms. The summed E-state index contributed by atoms with van der Waals surface area (Å²) < 4.78 is 0. The van der Waals surface area contributed by atoms with E-state index >= 15 is 0 Å². The van der Waals surface area contributed by atoms with Crippen LogP contribution in [0.4, 0.5) is 11.5 Å². The highest BCUT2D eigenvalue weighted by molar-refractivity contribution is 5.98. The van der Waals surface area contributed by atoms with Crippen LogP contribution in [0.5, 0.6) is 0 Å². The van der Waals surface area contributed by atoms with E-state index in [1.54, 1.807) is 7.05 Å². The highest BCUT2D eigenvalue weighted by Gasteiger charge is 2.19. The van der Waals surface area contributed by atoms with Crippen LogP contribution in [0.25, 0.3) is 0 Å². The zero-order valence-corrected chi connectivity index (χ0v) is 11.2. The molecule has 0 spiro atoms. The third-order valence-electron chi connectivity index (χ3n) is 2.57. The van der Waals surface area contributed by atoms with Gasteiger partial charge in [0.2, 0.25) is 0 Å². The summed E-state index contributed by atoms with van der Waals surface area (Å²) in [5, 5.41) is 10.7. The molecule has 19 heavy (non-hydrogen) atoms. The van der Waals surface area contributed by atoms with E-state index in [0.717, 1.165) is 12.3 Å². The number of amides is 1. The summed E-state index contributed by atoms with van der Waals surface area (Å²) in [6.07, 6.45) is 1.03. The molecule has 2 N–H and O–H groups in total. The maximum absolute atomic E-state index is 12.1. The quantitative estimate of drug-likeness (QED) is 0.603. The number of carbonyl (C=O) groups is 1. The molecule has 0 radical (unpaired) electrons. The highest BCUT2D eigenvalue weighted by Crippen LogP contribution is 2.18. The molecular weight excluding hydrogens is 250 g/mol. The van der Waals surface area contributed by atoms with Gasteiger partial charge >= 0.3 is 0 Å². The van der Waals surface area contributed by atoms with E-state index < -0.39 is 4.92 Å². The van der Waals surface area contributed by atoms with Crippen molar-refractivity contribution in [3.8, 4) is 0 Å². The monoisotopic (exact) mass is 267 g/mol. The maximum atomic E-state index is 12.1. The van der Waals surface area contributed by atoms with E-state index in [4.69, 9.17) is 5.73 Å². The molecule has 0 saturated carbocycles. The standard InChI is InChI=1S/C11H17N5O3/c1-14(2)4-5-15(3)11(17)9-6-8(16(18)19)7-13-10(9)12/h6-7H,4-5H2,1-3H3,(H2,12,13). The fourth-order valence-electron chi connectivity index (χ4n) is 1.39. The minimum absolute atomic E-state index is 0.00713. The van der Waals surface area contributed by atoms with E-state index in [2.05, 4.69) is 4.98 Å². The van der Waals surface area contributed by atoms with Crippen LogP contribution in [0.15, 0.2) is 12.3 Å².